The van der Waals surface area contributed by atoms with E-state index in [9.17, 15) is 9.18 Å². The Hall–Kier alpha value is -2.05. The molecule has 1 amide bonds. The minimum atomic E-state index is -0.299. The van der Waals surface area contributed by atoms with Crippen LogP contribution in [-0.2, 0) is 17.8 Å². The van der Waals surface area contributed by atoms with E-state index in [0.717, 1.165) is 21.8 Å². The average Bonchev–Trinajstić information content (AvgIpc) is 3.16. The Morgan fingerprint density at radius 2 is 2.18 bits per heavy atom. The van der Waals surface area contributed by atoms with Crippen LogP contribution in [-0.4, -0.2) is 10.9 Å². The van der Waals surface area contributed by atoms with E-state index in [-0.39, 0.29) is 18.1 Å². The first kappa shape index (κ1) is 14.9. The summed E-state index contributed by atoms with van der Waals surface area (Å²) >= 11 is 3.15. The third kappa shape index (κ3) is 3.78. The van der Waals surface area contributed by atoms with Crippen molar-refractivity contribution in [1.82, 2.24) is 10.3 Å². The standard InChI is InChI=1S/C16H13FN2OS2/c17-13-3-1-2-11(6-13)8-18-15(20)7-14-10-22-16(19-14)12-4-5-21-9-12/h1-6,9-10H,7-8H2,(H,18,20). The molecule has 0 unspecified atom stereocenters. The molecule has 0 spiro atoms. The molecule has 1 N–H and O–H groups in total. The van der Waals surface area contributed by atoms with Gasteiger partial charge >= 0.3 is 0 Å². The van der Waals surface area contributed by atoms with Crippen LogP contribution in [0.25, 0.3) is 10.6 Å². The van der Waals surface area contributed by atoms with Crippen molar-refractivity contribution < 1.29 is 9.18 Å². The molecule has 0 fully saturated rings. The Kier molecular flexibility index (Phi) is 4.60. The molecule has 0 aliphatic heterocycles. The Labute approximate surface area is 135 Å². The fourth-order valence-electron chi connectivity index (χ4n) is 1.98. The molecule has 0 saturated carbocycles. The molecule has 0 aliphatic rings. The van der Waals surface area contributed by atoms with Crippen LogP contribution in [0.15, 0.2) is 46.5 Å². The molecule has 0 saturated heterocycles. The molecule has 0 bridgehead atoms. The topological polar surface area (TPSA) is 42.0 Å². The molecule has 112 valence electrons. The van der Waals surface area contributed by atoms with Gasteiger partial charge in [0.05, 0.1) is 12.1 Å². The molecule has 0 radical (unpaired) electrons. The second-order valence-electron chi connectivity index (χ2n) is 4.74. The highest BCUT2D eigenvalue weighted by molar-refractivity contribution is 7.14. The van der Waals surface area contributed by atoms with Crippen molar-refractivity contribution in [3.05, 3.63) is 63.5 Å². The highest BCUT2D eigenvalue weighted by atomic mass is 32.1. The molecule has 3 rings (SSSR count). The smallest absolute Gasteiger partial charge is 0.226 e. The molecule has 0 atom stereocenters. The van der Waals surface area contributed by atoms with E-state index in [1.165, 1.54) is 23.5 Å². The minimum Gasteiger partial charge on any atom is -0.352 e. The molecule has 3 aromatic rings. The van der Waals surface area contributed by atoms with Gasteiger partial charge in [-0.15, -0.1) is 11.3 Å². The SMILES string of the molecule is O=C(Cc1csc(-c2ccsc2)n1)NCc1cccc(F)c1. The summed E-state index contributed by atoms with van der Waals surface area (Å²) in [5.74, 6) is -0.418. The number of rotatable bonds is 5. The van der Waals surface area contributed by atoms with Crippen molar-refractivity contribution in [3.8, 4) is 10.6 Å². The van der Waals surface area contributed by atoms with Gasteiger partial charge in [-0.25, -0.2) is 9.37 Å². The summed E-state index contributed by atoms with van der Waals surface area (Å²) in [6.45, 7) is 0.318. The van der Waals surface area contributed by atoms with Crippen LogP contribution in [0.2, 0.25) is 0 Å². The first-order valence-electron chi connectivity index (χ1n) is 6.69. The number of carbonyl (C=O) groups excluding carboxylic acids is 1. The maximum Gasteiger partial charge on any atom is 0.226 e. The number of halogens is 1. The normalized spacial score (nSPS) is 10.6. The molecule has 22 heavy (non-hydrogen) atoms. The lowest BCUT2D eigenvalue weighted by Gasteiger charge is -2.04. The zero-order chi connectivity index (χ0) is 15.4. The highest BCUT2D eigenvalue weighted by Crippen LogP contribution is 2.25. The van der Waals surface area contributed by atoms with E-state index in [4.69, 9.17) is 0 Å². The molecule has 2 heterocycles. The van der Waals surface area contributed by atoms with Crippen molar-refractivity contribution in [2.45, 2.75) is 13.0 Å². The maximum absolute atomic E-state index is 13.1. The summed E-state index contributed by atoms with van der Waals surface area (Å²) < 4.78 is 13.1. The number of thiophene rings is 1. The van der Waals surface area contributed by atoms with Crippen molar-refractivity contribution in [2.75, 3.05) is 0 Å². The van der Waals surface area contributed by atoms with Gasteiger partial charge in [0, 0.05) is 22.9 Å². The number of benzene rings is 1. The zero-order valence-corrected chi connectivity index (χ0v) is 13.2. The van der Waals surface area contributed by atoms with Crippen LogP contribution < -0.4 is 5.32 Å². The van der Waals surface area contributed by atoms with E-state index in [2.05, 4.69) is 10.3 Å². The predicted molar refractivity (Wildman–Crippen MR) is 87.4 cm³/mol. The van der Waals surface area contributed by atoms with E-state index in [1.54, 1.807) is 23.5 Å². The van der Waals surface area contributed by atoms with Gasteiger partial charge in [-0.05, 0) is 29.1 Å². The van der Waals surface area contributed by atoms with Gasteiger partial charge in [-0.2, -0.15) is 11.3 Å². The molecule has 0 aliphatic carbocycles. The third-order valence-corrected chi connectivity index (χ3v) is 4.66. The first-order chi connectivity index (χ1) is 10.7. The number of hydrogen-bond acceptors (Lipinski definition) is 4. The lowest BCUT2D eigenvalue weighted by Crippen LogP contribution is -2.24. The predicted octanol–water partition coefficient (Wildman–Crippen LogP) is 3.87. The van der Waals surface area contributed by atoms with Crippen molar-refractivity contribution in [1.29, 1.82) is 0 Å². The summed E-state index contributed by atoms with van der Waals surface area (Å²) in [5.41, 5.74) is 2.58. The summed E-state index contributed by atoms with van der Waals surface area (Å²) in [4.78, 5) is 16.4. The fraction of sp³-hybridized carbons (Fsp3) is 0.125. The van der Waals surface area contributed by atoms with Crippen molar-refractivity contribution >= 4 is 28.6 Å². The average molecular weight is 332 g/mol. The van der Waals surface area contributed by atoms with Crippen LogP contribution >= 0.6 is 22.7 Å². The fourth-order valence-corrected chi connectivity index (χ4v) is 3.51. The van der Waals surface area contributed by atoms with Crippen LogP contribution in [0.4, 0.5) is 4.39 Å². The number of hydrogen-bond donors (Lipinski definition) is 1. The second kappa shape index (κ2) is 6.81. The number of carbonyl (C=O) groups is 1. The van der Waals surface area contributed by atoms with E-state index in [0.29, 0.717) is 6.54 Å². The quantitative estimate of drug-likeness (QED) is 0.771. The maximum atomic E-state index is 13.1. The highest BCUT2D eigenvalue weighted by Gasteiger charge is 2.09. The van der Waals surface area contributed by atoms with Crippen LogP contribution in [0.5, 0.6) is 0 Å². The van der Waals surface area contributed by atoms with Gasteiger partial charge in [-0.3, -0.25) is 4.79 Å². The zero-order valence-electron chi connectivity index (χ0n) is 11.6. The van der Waals surface area contributed by atoms with Crippen molar-refractivity contribution in [3.63, 3.8) is 0 Å². The van der Waals surface area contributed by atoms with Gasteiger partial charge in [0.15, 0.2) is 0 Å². The summed E-state index contributed by atoms with van der Waals surface area (Å²) in [5, 5.41) is 9.64. The number of thiazole rings is 1. The Balaban J connectivity index is 1.56. The van der Waals surface area contributed by atoms with Crippen molar-refractivity contribution in [2.24, 2.45) is 0 Å². The van der Waals surface area contributed by atoms with Gasteiger partial charge in [0.25, 0.3) is 0 Å². The van der Waals surface area contributed by atoms with Crippen LogP contribution in [0, 0.1) is 5.82 Å². The van der Waals surface area contributed by atoms with Gasteiger partial charge < -0.3 is 5.32 Å². The van der Waals surface area contributed by atoms with Gasteiger partial charge in [-0.1, -0.05) is 12.1 Å². The van der Waals surface area contributed by atoms with Gasteiger partial charge in [0.2, 0.25) is 5.91 Å². The number of amides is 1. The van der Waals surface area contributed by atoms with Crippen LogP contribution in [0.1, 0.15) is 11.3 Å². The van der Waals surface area contributed by atoms with Gasteiger partial charge in [0.1, 0.15) is 10.8 Å². The molecule has 2 aromatic heterocycles. The van der Waals surface area contributed by atoms with E-state index >= 15 is 0 Å². The Morgan fingerprint density at radius 3 is 2.95 bits per heavy atom. The Morgan fingerprint density at radius 1 is 1.27 bits per heavy atom. The third-order valence-electron chi connectivity index (χ3n) is 3.04. The monoisotopic (exact) mass is 332 g/mol. The second-order valence-corrected chi connectivity index (χ2v) is 6.38. The summed E-state index contributed by atoms with van der Waals surface area (Å²) in [7, 11) is 0. The number of nitrogens with zero attached hydrogens (tertiary/aromatic N) is 1. The lowest BCUT2D eigenvalue weighted by molar-refractivity contribution is -0.120. The lowest BCUT2D eigenvalue weighted by atomic mass is 10.2. The summed E-state index contributed by atoms with van der Waals surface area (Å²) in [6, 6.07) is 8.22. The minimum absolute atomic E-state index is 0.119. The molecular formula is C16H13FN2OS2. The molecule has 3 nitrogen and oxygen atoms in total. The number of nitrogens with one attached hydrogen (secondary N) is 1. The van der Waals surface area contributed by atoms with E-state index in [1.807, 2.05) is 22.2 Å². The Bertz CT molecular complexity index is 768. The summed E-state index contributed by atoms with van der Waals surface area (Å²) in [6.07, 6.45) is 0.232. The van der Waals surface area contributed by atoms with E-state index < -0.39 is 0 Å². The molecule has 6 heteroatoms. The van der Waals surface area contributed by atoms with Crippen LogP contribution in [0.3, 0.4) is 0 Å². The largest absolute Gasteiger partial charge is 0.352 e. The molecule has 1 aromatic carbocycles. The first-order valence-corrected chi connectivity index (χ1v) is 8.51. The number of aromatic nitrogens is 1. The molecular weight excluding hydrogens is 319 g/mol.